The molecule has 0 fully saturated rings. The quantitative estimate of drug-likeness (QED) is 0.783. The first-order chi connectivity index (χ1) is 8.81. The summed E-state index contributed by atoms with van der Waals surface area (Å²) in [4.78, 5) is 17.2. The number of hydrogen-bond acceptors (Lipinski definition) is 5. The number of carbonyl (C=O) groups excluding carboxylic acids is 1. The molecule has 0 saturated heterocycles. The van der Waals surface area contributed by atoms with E-state index < -0.39 is 0 Å². The van der Waals surface area contributed by atoms with Crippen LogP contribution >= 0.6 is 47.5 Å². The first kappa shape index (κ1) is 19.3. The second-order valence-electron chi connectivity index (χ2n) is 3.77. The lowest BCUT2D eigenvalue weighted by molar-refractivity contribution is 0.0949. The third-order valence-corrected chi connectivity index (χ3v) is 4.27. The Hall–Kier alpha value is -0.660. The van der Waals surface area contributed by atoms with E-state index in [-0.39, 0.29) is 30.7 Å². The molecule has 2 heterocycles. The highest BCUT2D eigenvalue weighted by atomic mass is 35.5. The van der Waals surface area contributed by atoms with E-state index in [1.165, 1.54) is 11.3 Å². The van der Waals surface area contributed by atoms with Crippen LogP contribution in [0.1, 0.15) is 23.3 Å². The van der Waals surface area contributed by atoms with Crippen molar-refractivity contribution in [2.75, 3.05) is 13.1 Å². The number of thiophene rings is 1. The predicted molar refractivity (Wildman–Crippen MR) is 90.5 cm³/mol. The molecular weight excluding hydrogens is 337 g/mol. The molecule has 112 valence electrons. The van der Waals surface area contributed by atoms with Crippen molar-refractivity contribution in [1.29, 1.82) is 0 Å². The smallest absolute Gasteiger partial charge is 0.270 e. The Morgan fingerprint density at radius 2 is 2.10 bits per heavy atom. The maximum atomic E-state index is 11.8. The number of thiazole rings is 1. The molecule has 0 aromatic carbocycles. The minimum absolute atomic E-state index is 0. The summed E-state index contributed by atoms with van der Waals surface area (Å²) in [6.07, 6.45) is 1.84. The molecule has 1 amide bonds. The van der Waals surface area contributed by atoms with Gasteiger partial charge in [0.15, 0.2) is 0 Å². The first-order valence-corrected chi connectivity index (χ1v) is 7.55. The molecule has 3 N–H and O–H groups in total. The van der Waals surface area contributed by atoms with E-state index in [4.69, 9.17) is 5.73 Å². The summed E-state index contributed by atoms with van der Waals surface area (Å²) in [5.41, 5.74) is 5.89. The Morgan fingerprint density at radius 1 is 1.30 bits per heavy atom. The average molecular weight is 354 g/mol. The van der Waals surface area contributed by atoms with Crippen LogP contribution < -0.4 is 11.1 Å². The van der Waals surface area contributed by atoms with Crippen molar-refractivity contribution >= 4 is 53.4 Å². The highest BCUT2D eigenvalue weighted by Gasteiger charge is 2.11. The number of unbranched alkanes of at least 4 members (excludes halogenated alkanes) is 1. The molecule has 2 aromatic heterocycles. The van der Waals surface area contributed by atoms with Gasteiger partial charge >= 0.3 is 0 Å². The van der Waals surface area contributed by atoms with Crippen molar-refractivity contribution in [3.05, 3.63) is 28.6 Å². The van der Waals surface area contributed by atoms with Crippen LogP contribution in [0, 0.1) is 0 Å². The molecule has 0 aliphatic heterocycles. The molecule has 20 heavy (non-hydrogen) atoms. The largest absolute Gasteiger partial charge is 0.351 e. The summed E-state index contributed by atoms with van der Waals surface area (Å²) in [5.74, 6) is -0.105. The van der Waals surface area contributed by atoms with Gasteiger partial charge in [-0.2, -0.15) is 0 Å². The summed E-state index contributed by atoms with van der Waals surface area (Å²) in [7, 11) is 0. The lowest BCUT2D eigenvalue weighted by atomic mass is 10.3. The number of aromatic nitrogens is 1. The Kier molecular flexibility index (Phi) is 9.79. The molecule has 2 aromatic rings. The minimum atomic E-state index is -0.105. The van der Waals surface area contributed by atoms with Gasteiger partial charge in [-0.25, -0.2) is 4.98 Å². The fourth-order valence-electron chi connectivity index (χ4n) is 1.45. The predicted octanol–water partition coefficient (Wildman–Crippen LogP) is 3.18. The van der Waals surface area contributed by atoms with E-state index in [0.29, 0.717) is 18.8 Å². The van der Waals surface area contributed by atoms with Crippen LogP contribution in [-0.2, 0) is 0 Å². The highest BCUT2D eigenvalue weighted by molar-refractivity contribution is 7.20. The monoisotopic (exact) mass is 353 g/mol. The molecule has 0 unspecified atom stereocenters. The summed E-state index contributed by atoms with van der Waals surface area (Å²) in [5, 5.41) is 7.55. The maximum absolute atomic E-state index is 11.8. The van der Waals surface area contributed by atoms with Crippen LogP contribution in [0.25, 0.3) is 9.88 Å². The van der Waals surface area contributed by atoms with Crippen molar-refractivity contribution in [2.45, 2.75) is 12.8 Å². The highest BCUT2D eigenvalue weighted by Crippen LogP contribution is 2.27. The Morgan fingerprint density at radius 3 is 2.75 bits per heavy atom. The molecule has 4 nitrogen and oxygen atoms in total. The van der Waals surface area contributed by atoms with Crippen LogP contribution in [0.4, 0.5) is 0 Å². The summed E-state index contributed by atoms with van der Waals surface area (Å²) in [6, 6.07) is 3.99. The van der Waals surface area contributed by atoms with Crippen LogP contribution in [-0.4, -0.2) is 24.0 Å². The molecule has 0 aliphatic rings. The van der Waals surface area contributed by atoms with E-state index in [1.54, 1.807) is 16.7 Å². The van der Waals surface area contributed by atoms with Gasteiger partial charge in [0.25, 0.3) is 5.91 Å². The maximum Gasteiger partial charge on any atom is 0.270 e. The van der Waals surface area contributed by atoms with Crippen LogP contribution in [0.15, 0.2) is 22.9 Å². The number of nitrogens with two attached hydrogens (primary N) is 1. The van der Waals surface area contributed by atoms with Gasteiger partial charge in [-0.15, -0.1) is 47.5 Å². The normalized spacial score (nSPS) is 9.45. The Bertz CT molecular complexity index is 503. The third-order valence-electron chi connectivity index (χ3n) is 2.39. The molecule has 0 spiro atoms. The lowest BCUT2D eigenvalue weighted by Gasteiger charge is -2.01. The SMILES string of the molecule is Cl.Cl.NCCCCNC(=O)c1csc(-c2cccs2)n1. The molecule has 0 radical (unpaired) electrons. The van der Waals surface area contributed by atoms with Gasteiger partial charge in [0.2, 0.25) is 0 Å². The zero-order valence-electron chi connectivity index (χ0n) is 10.7. The summed E-state index contributed by atoms with van der Waals surface area (Å²) >= 11 is 3.13. The minimum Gasteiger partial charge on any atom is -0.351 e. The van der Waals surface area contributed by atoms with Crippen LogP contribution in [0.2, 0.25) is 0 Å². The molecule has 2 rings (SSSR count). The topological polar surface area (TPSA) is 68.0 Å². The molecule has 0 atom stereocenters. The summed E-state index contributed by atoms with van der Waals surface area (Å²) in [6.45, 7) is 1.32. The molecule has 0 aliphatic carbocycles. The van der Waals surface area contributed by atoms with Gasteiger partial charge in [0, 0.05) is 11.9 Å². The van der Waals surface area contributed by atoms with E-state index in [1.807, 2.05) is 17.5 Å². The van der Waals surface area contributed by atoms with E-state index in [9.17, 15) is 4.79 Å². The average Bonchev–Trinajstić information content (AvgIpc) is 3.03. The number of hydrogen-bond donors (Lipinski definition) is 2. The van der Waals surface area contributed by atoms with Gasteiger partial charge in [0.05, 0.1) is 4.88 Å². The zero-order chi connectivity index (χ0) is 12.8. The van der Waals surface area contributed by atoms with Crippen LogP contribution in [0.3, 0.4) is 0 Å². The van der Waals surface area contributed by atoms with Crippen LogP contribution in [0.5, 0.6) is 0 Å². The second kappa shape index (κ2) is 10.1. The Labute approximate surface area is 138 Å². The second-order valence-corrected chi connectivity index (χ2v) is 5.57. The number of halogens is 2. The van der Waals surface area contributed by atoms with Gasteiger partial charge in [0.1, 0.15) is 10.7 Å². The number of amides is 1. The van der Waals surface area contributed by atoms with Gasteiger partial charge < -0.3 is 11.1 Å². The van der Waals surface area contributed by atoms with Crippen molar-refractivity contribution < 1.29 is 4.79 Å². The zero-order valence-corrected chi connectivity index (χ0v) is 14.0. The number of nitrogens with one attached hydrogen (secondary N) is 1. The van der Waals surface area contributed by atoms with Gasteiger partial charge in [-0.1, -0.05) is 6.07 Å². The van der Waals surface area contributed by atoms with Crippen molar-refractivity contribution in [1.82, 2.24) is 10.3 Å². The molecule has 8 heteroatoms. The van der Waals surface area contributed by atoms with E-state index >= 15 is 0 Å². The fraction of sp³-hybridized carbons (Fsp3) is 0.333. The summed E-state index contributed by atoms with van der Waals surface area (Å²) < 4.78 is 0. The van der Waals surface area contributed by atoms with Crippen molar-refractivity contribution in [3.63, 3.8) is 0 Å². The third kappa shape index (κ3) is 5.38. The number of carbonyl (C=O) groups is 1. The van der Waals surface area contributed by atoms with E-state index in [0.717, 1.165) is 22.7 Å². The standard InChI is InChI=1S/C12H15N3OS2.2ClH/c13-5-1-2-6-14-11(16)9-8-18-12(15-9)10-4-3-7-17-10;;/h3-4,7-8H,1-2,5-6,13H2,(H,14,16);2*1H. The fourth-order valence-corrected chi connectivity index (χ4v) is 3.07. The molecule has 0 saturated carbocycles. The van der Waals surface area contributed by atoms with Gasteiger partial charge in [-0.3, -0.25) is 4.79 Å². The number of nitrogens with zero attached hydrogens (tertiary/aromatic N) is 1. The number of rotatable bonds is 6. The first-order valence-electron chi connectivity index (χ1n) is 5.79. The molecular formula is C12H17Cl2N3OS2. The van der Waals surface area contributed by atoms with Crippen molar-refractivity contribution in [2.24, 2.45) is 5.73 Å². The lowest BCUT2D eigenvalue weighted by Crippen LogP contribution is -2.25. The van der Waals surface area contributed by atoms with Crippen molar-refractivity contribution in [3.8, 4) is 9.88 Å². The Balaban J connectivity index is 0.00000180. The molecule has 0 bridgehead atoms. The van der Waals surface area contributed by atoms with Gasteiger partial charge in [-0.05, 0) is 30.8 Å². The van der Waals surface area contributed by atoms with E-state index in [2.05, 4.69) is 10.3 Å².